The van der Waals surface area contributed by atoms with Crippen molar-refractivity contribution < 1.29 is 47.2 Å². The number of aromatic nitrogens is 1. The number of amides is 1. The van der Waals surface area contributed by atoms with Crippen LogP contribution in [-0.2, 0) is 14.3 Å². The second kappa shape index (κ2) is 12.3. The standard InChI is InChI=1S/C19H16F3NO4.C3H5NO3/c20-19(21,22)27-17-3-1-16(2-4-17)26-18(7-9-25-10-8-18)6-5-14-11-15(24)13-23-12-14;5-2-4-1-3(6)7/h1-4,11-13,24H,7-10H2;2H,1H2,(H,4,5)(H,6,7). The van der Waals surface area contributed by atoms with Gasteiger partial charge in [-0.25, -0.2) is 0 Å². The number of benzene rings is 1. The largest absolute Gasteiger partial charge is 0.573 e. The molecule has 2 aromatic rings. The minimum Gasteiger partial charge on any atom is -0.506 e. The van der Waals surface area contributed by atoms with E-state index in [4.69, 9.17) is 14.6 Å². The number of hydrogen-bond acceptors (Lipinski definition) is 7. The Kier molecular flexibility index (Phi) is 9.51. The van der Waals surface area contributed by atoms with Gasteiger partial charge in [-0.2, -0.15) is 0 Å². The Morgan fingerprint density at radius 1 is 1.21 bits per heavy atom. The summed E-state index contributed by atoms with van der Waals surface area (Å²) in [5.74, 6) is 5.01. The first-order valence-electron chi connectivity index (χ1n) is 9.79. The molecule has 1 saturated heterocycles. The Labute approximate surface area is 192 Å². The van der Waals surface area contributed by atoms with E-state index in [0.717, 1.165) is 0 Å². The third-order valence-corrected chi connectivity index (χ3v) is 4.17. The lowest BCUT2D eigenvalue weighted by Gasteiger charge is -2.33. The van der Waals surface area contributed by atoms with Crippen molar-refractivity contribution in [1.82, 2.24) is 10.3 Å². The molecule has 0 atom stereocenters. The van der Waals surface area contributed by atoms with Crippen molar-refractivity contribution in [3.8, 4) is 29.1 Å². The summed E-state index contributed by atoms with van der Waals surface area (Å²) in [5, 5.41) is 19.3. The molecular formula is C22H21F3N2O7. The van der Waals surface area contributed by atoms with Gasteiger partial charge in [0, 0.05) is 24.6 Å². The molecule has 34 heavy (non-hydrogen) atoms. The molecule has 0 radical (unpaired) electrons. The van der Waals surface area contributed by atoms with Gasteiger partial charge in [0.25, 0.3) is 0 Å². The number of carbonyl (C=O) groups is 2. The number of halogens is 3. The summed E-state index contributed by atoms with van der Waals surface area (Å²) in [6.07, 6.45) is -0.598. The lowest BCUT2D eigenvalue weighted by molar-refractivity contribution is -0.274. The van der Waals surface area contributed by atoms with Crippen molar-refractivity contribution in [3.63, 3.8) is 0 Å². The summed E-state index contributed by atoms with van der Waals surface area (Å²) in [6.45, 7) is 0.591. The molecule has 0 aliphatic carbocycles. The average molecular weight is 482 g/mol. The predicted molar refractivity (Wildman–Crippen MR) is 111 cm³/mol. The number of hydrogen-bond donors (Lipinski definition) is 3. The maximum Gasteiger partial charge on any atom is 0.573 e. The molecule has 1 fully saturated rings. The van der Waals surface area contributed by atoms with Crippen molar-refractivity contribution in [3.05, 3.63) is 48.3 Å². The molecule has 1 aromatic heterocycles. The van der Waals surface area contributed by atoms with E-state index in [9.17, 15) is 27.9 Å². The van der Waals surface area contributed by atoms with Crippen molar-refractivity contribution in [1.29, 1.82) is 0 Å². The molecule has 1 aromatic carbocycles. The van der Waals surface area contributed by atoms with Gasteiger partial charge in [-0.15, -0.1) is 13.2 Å². The first kappa shape index (κ1) is 26.3. The third-order valence-electron chi connectivity index (χ3n) is 4.17. The number of rotatable bonds is 6. The molecule has 0 saturated carbocycles. The van der Waals surface area contributed by atoms with E-state index in [0.29, 0.717) is 43.8 Å². The van der Waals surface area contributed by atoms with Crippen LogP contribution in [0.15, 0.2) is 42.7 Å². The number of pyridine rings is 1. The quantitative estimate of drug-likeness (QED) is 0.424. The SMILES string of the molecule is O=CNCC(=O)O.Oc1cncc(C#CC2(Oc3ccc(OC(F)(F)F)cc3)CCOCC2)c1. The monoisotopic (exact) mass is 482 g/mol. The van der Waals surface area contributed by atoms with Crippen LogP contribution in [0.25, 0.3) is 0 Å². The van der Waals surface area contributed by atoms with E-state index < -0.39 is 17.9 Å². The molecule has 12 heteroatoms. The highest BCUT2D eigenvalue weighted by Gasteiger charge is 2.34. The lowest BCUT2D eigenvalue weighted by atomic mass is 9.94. The molecule has 3 rings (SSSR count). The van der Waals surface area contributed by atoms with Crippen molar-refractivity contribution in [2.24, 2.45) is 0 Å². The molecule has 0 unspecified atom stereocenters. The number of alkyl halides is 3. The number of ether oxygens (including phenoxy) is 3. The molecule has 182 valence electrons. The van der Waals surface area contributed by atoms with Gasteiger partial charge in [0.1, 0.15) is 23.8 Å². The smallest absolute Gasteiger partial charge is 0.506 e. The van der Waals surface area contributed by atoms with Crippen LogP contribution in [0.3, 0.4) is 0 Å². The van der Waals surface area contributed by atoms with Gasteiger partial charge in [0.2, 0.25) is 6.41 Å². The second-order valence-electron chi connectivity index (χ2n) is 6.80. The van der Waals surface area contributed by atoms with Gasteiger partial charge in [-0.1, -0.05) is 5.92 Å². The average Bonchev–Trinajstić information content (AvgIpc) is 2.78. The molecule has 0 bridgehead atoms. The van der Waals surface area contributed by atoms with Crippen LogP contribution in [0, 0.1) is 11.8 Å². The van der Waals surface area contributed by atoms with Crippen LogP contribution in [-0.4, -0.2) is 59.3 Å². The first-order valence-corrected chi connectivity index (χ1v) is 9.79. The molecule has 1 amide bonds. The van der Waals surface area contributed by atoms with E-state index in [-0.39, 0.29) is 18.0 Å². The maximum absolute atomic E-state index is 12.3. The van der Waals surface area contributed by atoms with Crippen LogP contribution in [0.1, 0.15) is 18.4 Å². The van der Waals surface area contributed by atoms with E-state index >= 15 is 0 Å². The van der Waals surface area contributed by atoms with Gasteiger partial charge in [-0.3, -0.25) is 14.6 Å². The van der Waals surface area contributed by atoms with Crippen LogP contribution in [0.4, 0.5) is 13.2 Å². The molecule has 1 aliphatic heterocycles. The van der Waals surface area contributed by atoms with Crippen LogP contribution in [0.2, 0.25) is 0 Å². The summed E-state index contributed by atoms with van der Waals surface area (Å²) in [7, 11) is 0. The van der Waals surface area contributed by atoms with E-state index in [1.54, 1.807) is 0 Å². The number of nitrogens with zero attached hydrogens (tertiary/aromatic N) is 1. The first-order chi connectivity index (χ1) is 16.1. The van der Waals surface area contributed by atoms with Gasteiger partial charge < -0.3 is 29.7 Å². The Balaban J connectivity index is 0.000000509. The Morgan fingerprint density at radius 2 is 1.85 bits per heavy atom. The summed E-state index contributed by atoms with van der Waals surface area (Å²) in [4.78, 5) is 22.7. The maximum atomic E-state index is 12.3. The third kappa shape index (κ3) is 9.66. The fraction of sp³-hybridized carbons (Fsp3) is 0.318. The lowest BCUT2D eigenvalue weighted by Crippen LogP contribution is -2.40. The molecule has 1 aliphatic rings. The Bertz CT molecular complexity index is 1010. The Morgan fingerprint density at radius 3 is 2.38 bits per heavy atom. The zero-order valence-corrected chi connectivity index (χ0v) is 17.7. The number of aliphatic carboxylic acids is 1. The summed E-state index contributed by atoms with van der Waals surface area (Å²) >= 11 is 0. The minimum absolute atomic E-state index is 0.00370. The normalized spacial score (nSPS) is 14.3. The van der Waals surface area contributed by atoms with Gasteiger partial charge in [0.15, 0.2) is 5.60 Å². The van der Waals surface area contributed by atoms with Gasteiger partial charge in [0.05, 0.1) is 19.4 Å². The molecule has 9 nitrogen and oxygen atoms in total. The Hall–Kier alpha value is -3.98. The van der Waals surface area contributed by atoms with E-state index in [1.807, 2.05) is 5.32 Å². The topological polar surface area (TPSA) is 127 Å². The van der Waals surface area contributed by atoms with Gasteiger partial charge in [-0.05, 0) is 36.3 Å². The van der Waals surface area contributed by atoms with Crippen LogP contribution >= 0.6 is 0 Å². The van der Waals surface area contributed by atoms with Crippen molar-refractivity contribution in [2.75, 3.05) is 19.8 Å². The number of nitrogens with one attached hydrogen (secondary N) is 1. The highest BCUT2D eigenvalue weighted by Crippen LogP contribution is 2.30. The fourth-order valence-electron chi connectivity index (χ4n) is 2.70. The van der Waals surface area contributed by atoms with Gasteiger partial charge >= 0.3 is 12.3 Å². The zero-order valence-electron chi connectivity index (χ0n) is 17.7. The second-order valence-corrected chi connectivity index (χ2v) is 6.80. The van der Waals surface area contributed by atoms with Crippen LogP contribution in [0.5, 0.6) is 17.2 Å². The highest BCUT2D eigenvalue weighted by atomic mass is 19.4. The minimum atomic E-state index is -4.74. The van der Waals surface area contributed by atoms with Crippen LogP contribution < -0.4 is 14.8 Å². The summed E-state index contributed by atoms with van der Waals surface area (Å²) in [6, 6.07) is 6.65. The summed E-state index contributed by atoms with van der Waals surface area (Å²) in [5.41, 5.74) is -0.325. The zero-order chi connectivity index (χ0) is 25.0. The predicted octanol–water partition coefficient (Wildman–Crippen LogP) is 2.48. The molecular weight excluding hydrogens is 461 g/mol. The number of carboxylic acid groups (broad SMARTS) is 1. The van der Waals surface area contributed by atoms with E-state index in [1.165, 1.54) is 42.7 Å². The molecule has 3 N–H and O–H groups in total. The van der Waals surface area contributed by atoms with E-state index in [2.05, 4.69) is 21.6 Å². The number of carboxylic acids is 1. The highest BCUT2D eigenvalue weighted by molar-refractivity contribution is 5.71. The fourth-order valence-corrected chi connectivity index (χ4v) is 2.70. The number of carbonyl (C=O) groups excluding carboxylic acids is 1. The van der Waals surface area contributed by atoms with Crippen molar-refractivity contribution in [2.45, 2.75) is 24.8 Å². The molecule has 2 heterocycles. The molecule has 0 spiro atoms. The summed E-state index contributed by atoms with van der Waals surface area (Å²) < 4.78 is 52.0. The van der Waals surface area contributed by atoms with Crippen molar-refractivity contribution >= 4 is 12.4 Å². The number of aromatic hydroxyl groups is 1.